The number of aromatic nitrogens is 3. The number of hydrogen-bond acceptors (Lipinski definition) is 7. The fraction of sp³-hybridized carbons (Fsp3) is 0.348. The number of rotatable bonds is 3. The number of fused-ring (bicyclic) bond motifs is 1. The van der Waals surface area contributed by atoms with Crippen molar-refractivity contribution in [2.24, 2.45) is 10.9 Å². The number of nitrogens with zero attached hydrogens (tertiary/aromatic N) is 7. The van der Waals surface area contributed by atoms with E-state index >= 15 is 0 Å². The molecule has 1 aliphatic rings. The lowest BCUT2D eigenvalue weighted by Gasteiger charge is -2.44. The van der Waals surface area contributed by atoms with Crippen molar-refractivity contribution in [2.75, 3.05) is 30.3 Å². The van der Waals surface area contributed by atoms with Gasteiger partial charge in [-0.2, -0.15) is 10.2 Å². The molecule has 9 nitrogen and oxygen atoms in total. The van der Waals surface area contributed by atoms with E-state index in [1.807, 2.05) is 43.3 Å². The topological polar surface area (TPSA) is 119 Å². The Bertz CT molecular complexity index is 1160. The van der Waals surface area contributed by atoms with Gasteiger partial charge in [-0.25, -0.2) is 9.98 Å². The maximum absolute atomic E-state index is 9.45. The zero-order valence-electron chi connectivity index (χ0n) is 18.5. The number of anilines is 2. The number of aliphatic imine (C=N–C) groups is 1. The largest absolute Gasteiger partial charge is 0.368 e. The van der Waals surface area contributed by atoms with Crippen LogP contribution in [0, 0.1) is 24.3 Å². The first-order valence-corrected chi connectivity index (χ1v) is 10.7. The van der Waals surface area contributed by atoms with E-state index in [1.54, 1.807) is 6.20 Å². The van der Waals surface area contributed by atoms with Gasteiger partial charge in [-0.05, 0) is 37.1 Å². The molecular weight excluding hydrogens is 402 g/mol. The molecule has 3 heterocycles. The van der Waals surface area contributed by atoms with Crippen LogP contribution in [0.2, 0.25) is 0 Å². The summed E-state index contributed by atoms with van der Waals surface area (Å²) in [5.74, 6) is 1.96. The molecule has 0 spiro atoms. The van der Waals surface area contributed by atoms with Crippen LogP contribution in [0.5, 0.6) is 0 Å². The molecule has 1 aliphatic heterocycles. The summed E-state index contributed by atoms with van der Waals surface area (Å²) in [6, 6.07) is 11.8. The van der Waals surface area contributed by atoms with Crippen LogP contribution in [0.15, 0.2) is 47.6 Å². The average Bonchev–Trinajstić information content (AvgIpc) is 2.78. The summed E-state index contributed by atoms with van der Waals surface area (Å²) in [6.45, 7) is 8.40. The van der Waals surface area contributed by atoms with Gasteiger partial charge >= 0.3 is 0 Å². The Balaban J connectivity index is 1.68. The van der Waals surface area contributed by atoms with Crippen LogP contribution < -0.4 is 16.0 Å². The molecular formula is C23H27N9. The number of pyridine rings is 1. The Morgan fingerprint density at radius 1 is 1.25 bits per heavy atom. The van der Waals surface area contributed by atoms with E-state index in [9.17, 15) is 5.26 Å². The molecule has 3 N–H and O–H groups in total. The van der Waals surface area contributed by atoms with Crippen LogP contribution in [-0.4, -0.2) is 51.5 Å². The summed E-state index contributed by atoms with van der Waals surface area (Å²) in [4.78, 5) is 22.3. The van der Waals surface area contributed by atoms with Gasteiger partial charge in [0.05, 0.1) is 17.2 Å². The van der Waals surface area contributed by atoms with Crippen molar-refractivity contribution in [2.45, 2.75) is 26.8 Å². The summed E-state index contributed by atoms with van der Waals surface area (Å²) >= 11 is 0. The van der Waals surface area contributed by atoms with E-state index in [2.05, 4.69) is 50.1 Å². The van der Waals surface area contributed by atoms with Crippen molar-refractivity contribution < 1.29 is 0 Å². The van der Waals surface area contributed by atoms with Gasteiger partial charge in [-0.3, -0.25) is 10.3 Å². The fourth-order valence-electron chi connectivity index (χ4n) is 4.10. The number of hydrogen-bond donors (Lipinski definition) is 2. The van der Waals surface area contributed by atoms with Crippen LogP contribution in [0.3, 0.4) is 0 Å². The van der Waals surface area contributed by atoms with Crippen molar-refractivity contribution in [1.82, 2.24) is 25.2 Å². The molecule has 0 aliphatic carbocycles. The first-order chi connectivity index (χ1) is 15.5. The summed E-state index contributed by atoms with van der Waals surface area (Å²) in [5.41, 5.74) is 8.36. The number of aryl methyl sites for hydroxylation is 1. The van der Waals surface area contributed by atoms with Crippen molar-refractivity contribution in [1.29, 1.82) is 5.26 Å². The lowest BCUT2D eigenvalue weighted by molar-refractivity contribution is 0.220. The molecule has 0 bridgehead atoms. The van der Waals surface area contributed by atoms with Gasteiger partial charge < -0.3 is 15.5 Å². The molecule has 0 radical (unpaired) electrons. The first kappa shape index (κ1) is 21.3. The van der Waals surface area contributed by atoms with Gasteiger partial charge in [0.25, 0.3) is 0 Å². The molecule has 4 rings (SSSR count). The van der Waals surface area contributed by atoms with Crippen LogP contribution in [-0.2, 0) is 0 Å². The third-order valence-electron chi connectivity index (χ3n) is 5.66. The van der Waals surface area contributed by atoms with Gasteiger partial charge in [0.2, 0.25) is 11.9 Å². The minimum atomic E-state index is 0.118. The molecule has 1 fully saturated rings. The van der Waals surface area contributed by atoms with Crippen LogP contribution in [0.4, 0.5) is 17.5 Å². The lowest BCUT2D eigenvalue weighted by Crippen LogP contribution is -2.59. The number of nitriles is 1. The zero-order valence-corrected chi connectivity index (χ0v) is 18.5. The van der Waals surface area contributed by atoms with Crippen molar-refractivity contribution in [3.8, 4) is 6.19 Å². The Morgan fingerprint density at radius 2 is 2.09 bits per heavy atom. The van der Waals surface area contributed by atoms with E-state index < -0.39 is 0 Å². The first-order valence-electron chi connectivity index (χ1n) is 10.7. The number of nitrogens with two attached hydrogens (primary N) is 1. The number of benzene rings is 1. The minimum absolute atomic E-state index is 0.118. The highest BCUT2D eigenvalue weighted by Gasteiger charge is 2.32. The highest BCUT2D eigenvalue weighted by Crippen LogP contribution is 2.27. The number of guanidine groups is 1. The van der Waals surface area contributed by atoms with Crippen molar-refractivity contribution in [3.05, 3.63) is 48.3 Å². The second-order valence-corrected chi connectivity index (χ2v) is 8.20. The average molecular weight is 430 g/mol. The molecule has 0 saturated carbocycles. The molecule has 0 amide bonds. The predicted octanol–water partition coefficient (Wildman–Crippen LogP) is 2.82. The highest BCUT2D eigenvalue weighted by molar-refractivity contribution is 5.94. The second kappa shape index (κ2) is 9.06. The van der Waals surface area contributed by atoms with Crippen molar-refractivity contribution in [3.63, 3.8) is 0 Å². The summed E-state index contributed by atoms with van der Waals surface area (Å²) in [6.07, 6.45) is 3.83. The Morgan fingerprint density at radius 3 is 2.84 bits per heavy atom. The Labute approximate surface area is 187 Å². The molecule has 0 unspecified atom stereocenters. The molecule has 1 aromatic carbocycles. The number of nitrogens with one attached hydrogen (secondary N) is 1. The predicted molar refractivity (Wildman–Crippen MR) is 126 cm³/mol. The molecule has 32 heavy (non-hydrogen) atoms. The van der Waals surface area contributed by atoms with Crippen LogP contribution in [0.1, 0.15) is 19.5 Å². The normalized spacial score (nSPS) is 17.0. The van der Waals surface area contributed by atoms with Gasteiger partial charge in [-0.1, -0.05) is 19.9 Å². The molecule has 2 aromatic heterocycles. The van der Waals surface area contributed by atoms with E-state index in [4.69, 9.17) is 10.7 Å². The van der Waals surface area contributed by atoms with Gasteiger partial charge in [0.15, 0.2) is 6.19 Å². The van der Waals surface area contributed by atoms with Gasteiger partial charge in [0, 0.05) is 43.0 Å². The standard InChI is InChI=1S/C23H27N9/c1-15(2)20-13-31(21-12-16(3)28-22(25)30-21)10-11-32(20)23(27-14-24)29-19-8-4-7-18-17(19)6-5-9-26-18/h4-9,12,15,20H,10-11,13H2,1-3H3,(H,27,29)(H2,25,28,30)/t20-/m0/s1. The van der Waals surface area contributed by atoms with Crippen LogP contribution in [0.25, 0.3) is 10.9 Å². The molecule has 1 saturated heterocycles. The zero-order chi connectivity index (χ0) is 22.7. The Hall–Kier alpha value is -3.93. The maximum Gasteiger partial charge on any atom is 0.222 e. The molecule has 1 atom stereocenters. The quantitative estimate of drug-likeness (QED) is 0.282. The smallest absolute Gasteiger partial charge is 0.222 e. The third kappa shape index (κ3) is 4.39. The minimum Gasteiger partial charge on any atom is -0.368 e. The molecule has 9 heteroatoms. The van der Waals surface area contributed by atoms with Crippen LogP contribution >= 0.6 is 0 Å². The van der Waals surface area contributed by atoms with E-state index in [0.29, 0.717) is 18.4 Å². The maximum atomic E-state index is 9.45. The summed E-state index contributed by atoms with van der Waals surface area (Å²) < 4.78 is 0. The lowest BCUT2D eigenvalue weighted by atomic mass is 9.99. The highest BCUT2D eigenvalue weighted by atomic mass is 15.4. The second-order valence-electron chi connectivity index (χ2n) is 8.20. The third-order valence-corrected chi connectivity index (χ3v) is 5.66. The summed E-state index contributed by atoms with van der Waals surface area (Å²) in [5, 5.41) is 13.2. The van der Waals surface area contributed by atoms with E-state index in [1.165, 1.54) is 0 Å². The molecule has 164 valence electrons. The molecule has 3 aromatic rings. The fourth-order valence-corrected chi connectivity index (χ4v) is 4.10. The van der Waals surface area contributed by atoms with Gasteiger partial charge in [0.1, 0.15) is 5.82 Å². The number of nitrogen functional groups attached to an aromatic ring is 1. The van der Waals surface area contributed by atoms with Gasteiger partial charge in [-0.15, -0.1) is 0 Å². The summed E-state index contributed by atoms with van der Waals surface area (Å²) in [7, 11) is 0. The Kier molecular flexibility index (Phi) is 6.03. The number of piperazine rings is 1. The van der Waals surface area contributed by atoms with E-state index in [-0.39, 0.29) is 12.0 Å². The van der Waals surface area contributed by atoms with Crippen molar-refractivity contribution >= 4 is 34.3 Å². The SMILES string of the molecule is Cc1cc(N2CCN(C(=Nc3cccc4ncccc34)NC#N)[C@H](C(C)C)C2)nc(N)n1. The van der Waals surface area contributed by atoms with E-state index in [0.717, 1.165) is 41.2 Å². The monoisotopic (exact) mass is 429 g/mol.